The first-order valence-corrected chi connectivity index (χ1v) is 9.94. The van der Waals surface area contributed by atoms with Crippen molar-refractivity contribution in [3.8, 4) is 5.75 Å². The Hall–Kier alpha value is -1.83. The molecule has 0 heterocycles. The smallest absolute Gasteiger partial charge is 0.311 e. The van der Waals surface area contributed by atoms with Crippen LogP contribution >= 0.6 is 0 Å². The molecule has 0 atom stereocenters. The number of fused-ring (bicyclic) bond motifs is 1. The number of esters is 1. The molecule has 1 saturated carbocycles. The molecule has 0 N–H and O–H groups in total. The van der Waals surface area contributed by atoms with E-state index >= 15 is 0 Å². The van der Waals surface area contributed by atoms with Crippen LogP contribution in [0.4, 0.5) is 0 Å². The summed E-state index contributed by atoms with van der Waals surface area (Å²) in [4.78, 5) is 11.7. The highest BCUT2D eigenvalue weighted by Crippen LogP contribution is 2.38. The third-order valence-electron chi connectivity index (χ3n) is 5.54. The summed E-state index contributed by atoms with van der Waals surface area (Å²) in [7, 11) is 0. The molecule has 0 saturated heterocycles. The summed E-state index contributed by atoms with van der Waals surface area (Å²) in [6.07, 6.45) is 9.39. The van der Waals surface area contributed by atoms with Crippen molar-refractivity contribution in [2.45, 2.75) is 71.1 Å². The second-order valence-corrected chi connectivity index (χ2v) is 7.50. The number of hydrogen-bond donors (Lipinski definition) is 0. The second-order valence-electron chi connectivity index (χ2n) is 7.50. The first kappa shape index (κ1) is 18.0. The number of carbonyl (C=O) groups is 1. The third-order valence-corrected chi connectivity index (χ3v) is 5.54. The van der Waals surface area contributed by atoms with Crippen LogP contribution in [0.2, 0.25) is 0 Å². The van der Waals surface area contributed by atoms with E-state index < -0.39 is 0 Å². The van der Waals surface area contributed by atoms with E-state index in [-0.39, 0.29) is 5.97 Å². The average molecular weight is 338 g/mol. The Labute approximate surface area is 151 Å². The van der Waals surface area contributed by atoms with Gasteiger partial charge < -0.3 is 4.74 Å². The zero-order valence-electron chi connectivity index (χ0n) is 15.6. The number of ether oxygens (including phenoxy) is 1. The van der Waals surface area contributed by atoms with Crippen LogP contribution < -0.4 is 4.74 Å². The van der Waals surface area contributed by atoms with Crippen LogP contribution in [0.5, 0.6) is 5.75 Å². The monoisotopic (exact) mass is 338 g/mol. The lowest BCUT2D eigenvalue weighted by molar-refractivity contribution is -0.134. The van der Waals surface area contributed by atoms with Crippen LogP contribution in [0.15, 0.2) is 36.4 Å². The van der Waals surface area contributed by atoms with Gasteiger partial charge in [0.05, 0.1) is 0 Å². The zero-order chi connectivity index (χ0) is 17.6. The first-order valence-electron chi connectivity index (χ1n) is 9.94. The molecule has 25 heavy (non-hydrogen) atoms. The molecule has 2 aromatic carbocycles. The molecule has 0 spiro atoms. The molecule has 1 fully saturated rings. The Morgan fingerprint density at radius 3 is 2.40 bits per heavy atom. The van der Waals surface area contributed by atoms with Gasteiger partial charge in [-0.3, -0.25) is 4.79 Å². The molecule has 0 unspecified atom stereocenters. The van der Waals surface area contributed by atoms with Crippen LogP contribution in [0.3, 0.4) is 0 Å². The molecule has 0 aromatic heterocycles. The van der Waals surface area contributed by atoms with Crippen molar-refractivity contribution in [3.63, 3.8) is 0 Å². The quantitative estimate of drug-likeness (QED) is 0.437. The fourth-order valence-corrected chi connectivity index (χ4v) is 4.14. The Morgan fingerprint density at radius 1 is 0.960 bits per heavy atom. The summed E-state index contributed by atoms with van der Waals surface area (Å²) in [5, 5.41) is 2.38. The van der Waals surface area contributed by atoms with Gasteiger partial charge in [0.1, 0.15) is 5.75 Å². The summed E-state index contributed by atoms with van der Waals surface area (Å²) in [5.41, 5.74) is 1.47. The van der Waals surface area contributed by atoms with Crippen LogP contribution in [-0.2, 0) is 4.79 Å². The lowest BCUT2D eigenvalue weighted by Gasteiger charge is -2.28. The Kier molecular flexibility index (Phi) is 6.12. The minimum absolute atomic E-state index is 0.151. The van der Waals surface area contributed by atoms with Crippen molar-refractivity contribution in [1.29, 1.82) is 0 Å². The number of carbonyl (C=O) groups excluding carboxylic acids is 1. The molecule has 0 radical (unpaired) electrons. The maximum atomic E-state index is 11.7. The molecule has 3 rings (SSSR count). The van der Waals surface area contributed by atoms with Crippen LogP contribution in [0, 0.1) is 5.92 Å². The summed E-state index contributed by atoms with van der Waals surface area (Å²) in [6, 6.07) is 12.8. The highest BCUT2D eigenvalue weighted by atomic mass is 16.5. The number of benzene rings is 2. The minimum atomic E-state index is -0.151. The van der Waals surface area contributed by atoms with Gasteiger partial charge >= 0.3 is 5.97 Å². The van der Waals surface area contributed by atoms with Crippen molar-refractivity contribution in [2.24, 2.45) is 5.92 Å². The lowest BCUT2D eigenvalue weighted by atomic mass is 9.77. The van der Waals surface area contributed by atoms with Gasteiger partial charge in [0.2, 0.25) is 0 Å². The van der Waals surface area contributed by atoms with Gasteiger partial charge in [0.15, 0.2) is 0 Å². The van der Waals surface area contributed by atoms with Crippen molar-refractivity contribution in [3.05, 3.63) is 42.0 Å². The predicted octanol–water partition coefficient (Wildman–Crippen LogP) is 6.62. The van der Waals surface area contributed by atoms with E-state index in [0.717, 1.165) is 17.7 Å². The van der Waals surface area contributed by atoms with Gasteiger partial charge in [-0.05, 0) is 72.4 Å². The SMILES string of the molecule is CCCC(=O)Oc1ccc2cc(C3CCC(CCC)CC3)ccc2c1. The third kappa shape index (κ3) is 4.62. The van der Waals surface area contributed by atoms with Gasteiger partial charge in [-0.1, -0.05) is 51.0 Å². The molecule has 1 aliphatic carbocycles. The van der Waals surface area contributed by atoms with Crippen LogP contribution in [-0.4, -0.2) is 5.97 Å². The molecular formula is C23H30O2. The fraction of sp³-hybridized carbons (Fsp3) is 0.522. The molecule has 2 heteroatoms. The summed E-state index contributed by atoms with van der Waals surface area (Å²) in [5.74, 6) is 2.16. The molecule has 0 bridgehead atoms. The van der Waals surface area contributed by atoms with Gasteiger partial charge in [-0.15, -0.1) is 0 Å². The zero-order valence-corrected chi connectivity index (χ0v) is 15.6. The highest BCUT2D eigenvalue weighted by molar-refractivity contribution is 5.85. The van der Waals surface area contributed by atoms with Crippen molar-refractivity contribution >= 4 is 16.7 Å². The van der Waals surface area contributed by atoms with Gasteiger partial charge in [-0.25, -0.2) is 0 Å². The van der Waals surface area contributed by atoms with E-state index in [1.54, 1.807) is 0 Å². The Balaban J connectivity index is 1.70. The molecule has 0 aliphatic heterocycles. The van der Waals surface area contributed by atoms with Gasteiger partial charge in [-0.2, -0.15) is 0 Å². The number of rotatable bonds is 6. The molecule has 1 aliphatic rings. The van der Waals surface area contributed by atoms with E-state index in [9.17, 15) is 4.79 Å². The molecular weight excluding hydrogens is 308 g/mol. The first-order chi connectivity index (χ1) is 12.2. The summed E-state index contributed by atoms with van der Waals surface area (Å²) in [6.45, 7) is 4.28. The van der Waals surface area contributed by atoms with Crippen LogP contribution in [0.1, 0.15) is 76.7 Å². The van der Waals surface area contributed by atoms with Crippen molar-refractivity contribution < 1.29 is 9.53 Å². The van der Waals surface area contributed by atoms with E-state index in [0.29, 0.717) is 18.1 Å². The van der Waals surface area contributed by atoms with E-state index in [2.05, 4.69) is 31.2 Å². The second kappa shape index (κ2) is 8.51. The molecule has 2 nitrogen and oxygen atoms in total. The van der Waals surface area contributed by atoms with E-state index in [1.807, 2.05) is 19.1 Å². The minimum Gasteiger partial charge on any atom is -0.427 e. The Bertz CT molecular complexity index is 711. The molecule has 2 aromatic rings. The maximum Gasteiger partial charge on any atom is 0.311 e. The Morgan fingerprint density at radius 2 is 1.68 bits per heavy atom. The summed E-state index contributed by atoms with van der Waals surface area (Å²) >= 11 is 0. The normalized spacial score (nSPS) is 20.6. The maximum absolute atomic E-state index is 11.7. The number of hydrogen-bond acceptors (Lipinski definition) is 2. The van der Waals surface area contributed by atoms with Crippen LogP contribution in [0.25, 0.3) is 10.8 Å². The largest absolute Gasteiger partial charge is 0.427 e. The average Bonchev–Trinajstić information content (AvgIpc) is 2.62. The topological polar surface area (TPSA) is 26.3 Å². The van der Waals surface area contributed by atoms with Crippen molar-refractivity contribution in [1.82, 2.24) is 0 Å². The van der Waals surface area contributed by atoms with Crippen molar-refractivity contribution in [2.75, 3.05) is 0 Å². The standard InChI is InChI=1S/C23H30O2/c1-3-5-17-7-9-18(10-8-17)19-11-12-21-16-22(14-13-20(21)15-19)25-23(24)6-4-2/h11-18H,3-10H2,1-2H3. The van der Waals surface area contributed by atoms with Gasteiger partial charge in [0.25, 0.3) is 0 Å². The fourth-order valence-electron chi connectivity index (χ4n) is 4.14. The molecule has 134 valence electrons. The van der Waals surface area contributed by atoms with Gasteiger partial charge in [0, 0.05) is 6.42 Å². The highest BCUT2D eigenvalue weighted by Gasteiger charge is 2.21. The molecule has 0 amide bonds. The van der Waals surface area contributed by atoms with E-state index in [1.165, 1.54) is 49.5 Å². The lowest BCUT2D eigenvalue weighted by Crippen LogP contribution is -2.13. The summed E-state index contributed by atoms with van der Waals surface area (Å²) < 4.78 is 5.41. The predicted molar refractivity (Wildman–Crippen MR) is 104 cm³/mol. The van der Waals surface area contributed by atoms with E-state index in [4.69, 9.17) is 4.74 Å².